The number of Topliss-reactive ketones (excluding diaryl/α,β-unsaturated/α-hetero) is 1. The van der Waals surface area contributed by atoms with Crippen LogP contribution in [0.1, 0.15) is 41.7 Å². The first-order chi connectivity index (χ1) is 10.1. The van der Waals surface area contributed by atoms with Crippen LogP contribution in [0.25, 0.3) is 0 Å². The summed E-state index contributed by atoms with van der Waals surface area (Å²) in [7, 11) is 0. The molecule has 0 spiro atoms. The maximum atomic E-state index is 12.3. The molecule has 0 heterocycles. The van der Waals surface area contributed by atoms with E-state index in [1.165, 1.54) is 22.3 Å². The van der Waals surface area contributed by atoms with E-state index < -0.39 is 0 Å². The molecule has 0 saturated heterocycles. The van der Waals surface area contributed by atoms with Gasteiger partial charge >= 0.3 is 0 Å². The standard InChI is InChI=1S/C20H24O/c1-4-16-8-10-18(11-9-16)13-20(21)14-19-12-17(5-2)7-6-15(19)3/h6-12H,4-5,13-14H2,1-3H3. The van der Waals surface area contributed by atoms with Gasteiger partial charge in [-0.3, -0.25) is 4.79 Å². The van der Waals surface area contributed by atoms with Crippen molar-refractivity contribution in [3.63, 3.8) is 0 Å². The van der Waals surface area contributed by atoms with Crippen LogP contribution in [0, 0.1) is 6.92 Å². The van der Waals surface area contributed by atoms with Gasteiger partial charge in [-0.25, -0.2) is 0 Å². The third-order valence-electron chi connectivity index (χ3n) is 4.04. The Bertz CT molecular complexity index is 608. The fourth-order valence-corrected chi connectivity index (χ4v) is 2.53. The first kappa shape index (κ1) is 15.5. The fourth-order valence-electron chi connectivity index (χ4n) is 2.53. The Morgan fingerprint density at radius 1 is 0.810 bits per heavy atom. The second-order valence-corrected chi connectivity index (χ2v) is 5.68. The van der Waals surface area contributed by atoms with Crippen molar-refractivity contribution >= 4 is 5.78 Å². The molecule has 2 rings (SSSR count). The van der Waals surface area contributed by atoms with Crippen LogP contribution in [0.5, 0.6) is 0 Å². The van der Waals surface area contributed by atoms with E-state index in [2.05, 4.69) is 63.2 Å². The van der Waals surface area contributed by atoms with Crippen molar-refractivity contribution in [2.45, 2.75) is 46.5 Å². The van der Waals surface area contributed by atoms with Gasteiger partial charge in [-0.1, -0.05) is 56.3 Å². The average Bonchev–Trinajstić information content (AvgIpc) is 2.50. The van der Waals surface area contributed by atoms with Crippen LogP contribution < -0.4 is 0 Å². The minimum Gasteiger partial charge on any atom is -0.299 e. The van der Waals surface area contributed by atoms with E-state index in [1.807, 2.05) is 0 Å². The molecule has 0 aliphatic rings. The molecule has 2 aromatic carbocycles. The van der Waals surface area contributed by atoms with Crippen LogP contribution in [0.3, 0.4) is 0 Å². The van der Waals surface area contributed by atoms with E-state index in [-0.39, 0.29) is 5.78 Å². The van der Waals surface area contributed by atoms with Crippen LogP contribution in [-0.4, -0.2) is 5.78 Å². The number of hydrogen-bond donors (Lipinski definition) is 0. The summed E-state index contributed by atoms with van der Waals surface area (Å²) in [5, 5.41) is 0. The van der Waals surface area contributed by atoms with Gasteiger partial charge < -0.3 is 0 Å². The van der Waals surface area contributed by atoms with E-state index in [9.17, 15) is 4.79 Å². The molecule has 110 valence electrons. The first-order valence-corrected chi connectivity index (χ1v) is 7.80. The third-order valence-corrected chi connectivity index (χ3v) is 4.04. The molecule has 0 amide bonds. The number of rotatable bonds is 6. The minimum absolute atomic E-state index is 0.288. The van der Waals surface area contributed by atoms with Crippen molar-refractivity contribution in [2.75, 3.05) is 0 Å². The summed E-state index contributed by atoms with van der Waals surface area (Å²) in [6, 6.07) is 14.8. The highest BCUT2D eigenvalue weighted by atomic mass is 16.1. The maximum absolute atomic E-state index is 12.3. The summed E-state index contributed by atoms with van der Waals surface area (Å²) in [6.45, 7) is 6.37. The van der Waals surface area contributed by atoms with Gasteiger partial charge in [0.05, 0.1) is 0 Å². The third kappa shape index (κ3) is 4.29. The van der Waals surface area contributed by atoms with Crippen molar-refractivity contribution in [3.8, 4) is 0 Å². The van der Waals surface area contributed by atoms with Gasteiger partial charge in [-0.2, -0.15) is 0 Å². The van der Waals surface area contributed by atoms with Gasteiger partial charge in [0.25, 0.3) is 0 Å². The number of benzene rings is 2. The topological polar surface area (TPSA) is 17.1 Å². The highest BCUT2D eigenvalue weighted by Crippen LogP contribution is 2.14. The Kier molecular flexibility index (Phi) is 5.32. The van der Waals surface area contributed by atoms with Crippen molar-refractivity contribution in [1.29, 1.82) is 0 Å². The van der Waals surface area contributed by atoms with E-state index in [4.69, 9.17) is 0 Å². The molecule has 1 heteroatoms. The molecule has 1 nitrogen and oxygen atoms in total. The van der Waals surface area contributed by atoms with Crippen LogP contribution >= 0.6 is 0 Å². The molecule has 0 N–H and O–H groups in total. The molecule has 2 aromatic rings. The Morgan fingerprint density at radius 3 is 2.00 bits per heavy atom. The molecule has 0 aromatic heterocycles. The number of ketones is 1. The Balaban J connectivity index is 2.04. The van der Waals surface area contributed by atoms with Gasteiger partial charge in [0.15, 0.2) is 0 Å². The molecule has 0 atom stereocenters. The molecule has 0 fully saturated rings. The molecule has 0 aliphatic heterocycles. The predicted molar refractivity (Wildman–Crippen MR) is 88.8 cm³/mol. The molecule has 0 radical (unpaired) electrons. The van der Waals surface area contributed by atoms with E-state index >= 15 is 0 Å². The summed E-state index contributed by atoms with van der Waals surface area (Å²) >= 11 is 0. The number of carbonyl (C=O) groups is 1. The van der Waals surface area contributed by atoms with Gasteiger partial charge in [-0.05, 0) is 47.6 Å². The van der Waals surface area contributed by atoms with E-state index in [0.717, 1.165) is 18.4 Å². The highest BCUT2D eigenvalue weighted by molar-refractivity contribution is 5.83. The van der Waals surface area contributed by atoms with Gasteiger partial charge in [0.2, 0.25) is 0 Å². The molecular formula is C20H24O. The monoisotopic (exact) mass is 280 g/mol. The zero-order valence-corrected chi connectivity index (χ0v) is 13.3. The highest BCUT2D eigenvalue weighted by Gasteiger charge is 2.08. The number of carbonyl (C=O) groups excluding carboxylic acids is 1. The number of hydrogen-bond acceptors (Lipinski definition) is 1. The van der Waals surface area contributed by atoms with Crippen molar-refractivity contribution in [1.82, 2.24) is 0 Å². The lowest BCUT2D eigenvalue weighted by Gasteiger charge is -2.08. The molecule has 0 unspecified atom stereocenters. The summed E-state index contributed by atoms with van der Waals surface area (Å²) in [6.07, 6.45) is 3.12. The van der Waals surface area contributed by atoms with Crippen molar-refractivity contribution in [2.24, 2.45) is 0 Å². The summed E-state index contributed by atoms with van der Waals surface area (Å²) in [5.41, 5.74) is 6.11. The summed E-state index contributed by atoms with van der Waals surface area (Å²) < 4.78 is 0. The van der Waals surface area contributed by atoms with Crippen LogP contribution in [0.15, 0.2) is 42.5 Å². The van der Waals surface area contributed by atoms with Crippen molar-refractivity contribution in [3.05, 3.63) is 70.3 Å². The molecule has 0 saturated carbocycles. The minimum atomic E-state index is 0.288. The fraction of sp³-hybridized carbons (Fsp3) is 0.350. The lowest BCUT2D eigenvalue weighted by atomic mass is 9.96. The zero-order chi connectivity index (χ0) is 15.2. The Hall–Kier alpha value is -1.89. The van der Waals surface area contributed by atoms with Crippen LogP contribution in [0.2, 0.25) is 0 Å². The Morgan fingerprint density at radius 2 is 1.38 bits per heavy atom. The largest absolute Gasteiger partial charge is 0.299 e. The molecule has 21 heavy (non-hydrogen) atoms. The zero-order valence-electron chi connectivity index (χ0n) is 13.3. The Labute approximate surface area is 128 Å². The summed E-state index contributed by atoms with van der Waals surface area (Å²) in [5.74, 6) is 0.288. The van der Waals surface area contributed by atoms with Crippen LogP contribution in [-0.2, 0) is 30.5 Å². The van der Waals surface area contributed by atoms with Crippen LogP contribution in [0.4, 0.5) is 0 Å². The summed E-state index contributed by atoms with van der Waals surface area (Å²) in [4.78, 5) is 12.3. The normalized spacial score (nSPS) is 10.6. The first-order valence-electron chi connectivity index (χ1n) is 7.80. The molecule has 0 bridgehead atoms. The smallest absolute Gasteiger partial charge is 0.141 e. The second kappa shape index (κ2) is 7.21. The quantitative estimate of drug-likeness (QED) is 0.762. The number of aryl methyl sites for hydroxylation is 3. The van der Waals surface area contributed by atoms with E-state index in [0.29, 0.717) is 12.8 Å². The van der Waals surface area contributed by atoms with Gasteiger partial charge in [0, 0.05) is 12.8 Å². The lowest BCUT2D eigenvalue weighted by molar-refractivity contribution is -0.117. The van der Waals surface area contributed by atoms with Gasteiger partial charge in [-0.15, -0.1) is 0 Å². The lowest BCUT2D eigenvalue weighted by Crippen LogP contribution is -2.08. The molecule has 0 aliphatic carbocycles. The second-order valence-electron chi connectivity index (χ2n) is 5.68. The predicted octanol–water partition coefficient (Wildman–Crippen LogP) is 4.47. The van der Waals surface area contributed by atoms with E-state index in [1.54, 1.807) is 0 Å². The maximum Gasteiger partial charge on any atom is 0.141 e. The average molecular weight is 280 g/mol. The molecular weight excluding hydrogens is 256 g/mol. The van der Waals surface area contributed by atoms with Gasteiger partial charge in [0.1, 0.15) is 5.78 Å². The van der Waals surface area contributed by atoms with Crippen molar-refractivity contribution < 1.29 is 4.79 Å². The SMILES string of the molecule is CCc1ccc(CC(=O)Cc2cc(CC)ccc2C)cc1.